The van der Waals surface area contributed by atoms with Gasteiger partial charge in [-0.15, -0.1) is 0 Å². The summed E-state index contributed by atoms with van der Waals surface area (Å²) in [5.74, 6) is -0.507. The molecule has 3 aromatic rings. The maximum atomic E-state index is 12.1. The van der Waals surface area contributed by atoms with Gasteiger partial charge in [-0.3, -0.25) is 9.69 Å². The Labute approximate surface area is 179 Å². The van der Waals surface area contributed by atoms with E-state index >= 15 is 0 Å². The molecular formula is C23H25N3O5. The average Bonchev–Trinajstić information content (AvgIpc) is 3.23. The lowest BCUT2D eigenvalue weighted by atomic mass is 10.0. The third-order valence-electron chi connectivity index (χ3n) is 5.67. The van der Waals surface area contributed by atoms with E-state index in [0.717, 1.165) is 36.9 Å². The van der Waals surface area contributed by atoms with Gasteiger partial charge < -0.3 is 19.0 Å². The second-order valence-corrected chi connectivity index (χ2v) is 7.78. The van der Waals surface area contributed by atoms with Gasteiger partial charge in [-0.2, -0.15) is 0 Å². The van der Waals surface area contributed by atoms with Gasteiger partial charge >= 0.3 is 11.6 Å². The number of anilines is 1. The third-order valence-corrected chi connectivity index (χ3v) is 5.67. The van der Waals surface area contributed by atoms with Crippen molar-refractivity contribution in [1.82, 2.24) is 9.47 Å². The number of hydrogen-bond acceptors (Lipinski definition) is 6. The van der Waals surface area contributed by atoms with Crippen molar-refractivity contribution in [2.75, 3.05) is 25.5 Å². The van der Waals surface area contributed by atoms with Crippen LogP contribution in [0.1, 0.15) is 41.9 Å². The van der Waals surface area contributed by atoms with Crippen molar-refractivity contribution >= 4 is 28.5 Å². The standard InChI is InChI=1S/C23H25N3O5/c1-15(27)24-17-5-6-19-16(12-22(28)31-21(19)13-17)14-25-10-7-18(8-11-25)26-9-3-4-20(26)23(29)30-2/h3-6,9,12-13,18H,7-8,10-11,14H2,1-2H3,(H,24,27). The van der Waals surface area contributed by atoms with E-state index in [2.05, 4.69) is 10.2 Å². The lowest BCUT2D eigenvalue weighted by Crippen LogP contribution is -2.35. The number of benzene rings is 1. The molecule has 8 heteroatoms. The first-order valence-corrected chi connectivity index (χ1v) is 10.3. The van der Waals surface area contributed by atoms with Crippen LogP contribution in [-0.2, 0) is 16.1 Å². The number of aromatic nitrogens is 1. The first-order valence-electron chi connectivity index (χ1n) is 10.3. The van der Waals surface area contributed by atoms with Gasteiger partial charge in [0.15, 0.2) is 0 Å². The summed E-state index contributed by atoms with van der Waals surface area (Å²) >= 11 is 0. The summed E-state index contributed by atoms with van der Waals surface area (Å²) < 4.78 is 12.2. The molecule has 1 aliphatic rings. The molecule has 1 aromatic carbocycles. The number of carbonyl (C=O) groups is 2. The van der Waals surface area contributed by atoms with Gasteiger partial charge in [0.2, 0.25) is 5.91 Å². The van der Waals surface area contributed by atoms with Crippen LogP contribution in [0.2, 0.25) is 0 Å². The molecule has 3 heterocycles. The molecule has 162 valence electrons. The highest BCUT2D eigenvalue weighted by Crippen LogP contribution is 2.28. The van der Waals surface area contributed by atoms with Crippen LogP contribution in [0.25, 0.3) is 11.0 Å². The maximum absolute atomic E-state index is 12.1. The molecule has 8 nitrogen and oxygen atoms in total. The number of nitrogens with one attached hydrogen (secondary N) is 1. The molecular weight excluding hydrogens is 398 g/mol. The number of hydrogen-bond donors (Lipinski definition) is 1. The van der Waals surface area contributed by atoms with E-state index in [4.69, 9.17) is 9.15 Å². The summed E-state index contributed by atoms with van der Waals surface area (Å²) in [6.45, 7) is 3.75. The Balaban J connectivity index is 1.48. The van der Waals surface area contributed by atoms with E-state index in [0.29, 0.717) is 23.5 Å². The summed E-state index contributed by atoms with van der Waals surface area (Å²) in [5.41, 5.74) is 2.11. The number of amides is 1. The summed E-state index contributed by atoms with van der Waals surface area (Å²) in [6, 6.07) is 10.8. The molecule has 1 fully saturated rings. The Kier molecular flexibility index (Phi) is 5.90. The van der Waals surface area contributed by atoms with E-state index < -0.39 is 5.63 Å². The van der Waals surface area contributed by atoms with E-state index in [9.17, 15) is 14.4 Å². The Morgan fingerprint density at radius 1 is 1.19 bits per heavy atom. The van der Waals surface area contributed by atoms with Crippen LogP contribution in [0.4, 0.5) is 5.69 Å². The third kappa shape index (κ3) is 4.54. The molecule has 0 saturated carbocycles. The lowest BCUT2D eigenvalue weighted by Gasteiger charge is -2.33. The summed E-state index contributed by atoms with van der Waals surface area (Å²) in [4.78, 5) is 37.7. The van der Waals surface area contributed by atoms with Crippen LogP contribution in [-0.4, -0.2) is 41.5 Å². The van der Waals surface area contributed by atoms with Crippen molar-refractivity contribution < 1.29 is 18.7 Å². The quantitative estimate of drug-likeness (QED) is 0.500. The molecule has 0 spiro atoms. The summed E-state index contributed by atoms with van der Waals surface area (Å²) in [5, 5.41) is 3.56. The van der Waals surface area contributed by atoms with Crippen LogP contribution in [0, 0.1) is 0 Å². The van der Waals surface area contributed by atoms with Gasteiger partial charge in [0, 0.05) is 62.0 Å². The van der Waals surface area contributed by atoms with Gasteiger partial charge in [0.05, 0.1) is 7.11 Å². The highest BCUT2D eigenvalue weighted by atomic mass is 16.5. The van der Waals surface area contributed by atoms with Crippen molar-refractivity contribution in [2.24, 2.45) is 0 Å². The molecule has 0 atom stereocenters. The fraction of sp³-hybridized carbons (Fsp3) is 0.348. The molecule has 31 heavy (non-hydrogen) atoms. The predicted octanol–water partition coefficient (Wildman–Crippen LogP) is 3.18. The summed E-state index contributed by atoms with van der Waals surface area (Å²) in [6.07, 6.45) is 3.71. The number of ether oxygens (including phenoxy) is 1. The van der Waals surface area contributed by atoms with Crippen LogP contribution in [0.3, 0.4) is 0 Å². The van der Waals surface area contributed by atoms with E-state index in [1.165, 1.54) is 20.1 Å². The molecule has 0 aliphatic carbocycles. The first kappa shape index (κ1) is 20.9. The highest BCUT2D eigenvalue weighted by molar-refractivity contribution is 5.92. The molecule has 4 rings (SSSR count). The van der Waals surface area contributed by atoms with Crippen molar-refractivity contribution in [2.45, 2.75) is 32.4 Å². The van der Waals surface area contributed by atoms with Gasteiger partial charge in [-0.25, -0.2) is 9.59 Å². The number of fused-ring (bicyclic) bond motifs is 1. The van der Waals surface area contributed by atoms with Crippen LogP contribution in [0.5, 0.6) is 0 Å². The Hall–Kier alpha value is -3.39. The van der Waals surface area contributed by atoms with Gasteiger partial charge in [-0.1, -0.05) is 0 Å². The molecule has 0 bridgehead atoms. The fourth-order valence-corrected chi connectivity index (χ4v) is 4.23. The molecule has 1 N–H and O–H groups in total. The molecule has 0 radical (unpaired) electrons. The smallest absolute Gasteiger partial charge is 0.354 e. The molecule has 1 saturated heterocycles. The molecule has 0 unspecified atom stereocenters. The van der Waals surface area contributed by atoms with Crippen molar-refractivity contribution in [3.8, 4) is 0 Å². The van der Waals surface area contributed by atoms with Crippen molar-refractivity contribution in [3.63, 3.8) is 0 Å². The SMILES string of the molecule is COC(=O)c1cccn1C1CCN(Cc2cc(=O)oc3cc(NC(C)=O)ccc23)CC1. The number of piperidine rings is 1. The zero-order valence-corrected chi connectivity index (χ0v) is 17.6. The first-order chi connectivity index (χ1) is 14.9. The Morgan fingerprint density at radius 2 is 1.97 bits per heavy atom. The molecule has 2 aromatic heterocycles. The Morgan fingerprint density at radius 3 is 2.68 bits per heavy atom. The highest BCUT2D eigenvalue weighted by Gasteiger charge is 2.24. The van der Waals surface area contributed by atoms with Crippen LogP contribution >= 0.6 is 0 Å². The van der Waals surface area contributed by atoms with E-state index in [-0.39, 0.29) is 17.9 Å². The van der Waals surface area contributed by atoms with Gasteiger partial charge in [0.25, 0.3) is 0 Å². The average molecular weight is 423 g/mol. The van der Waals surface area contributed by atoms with Crippen molar-refractivity contribution in [1.29, 1.82) is 0 Å². The molecule has 1 amide bonds. The second-order valence-electron chi connectivity index (χ2n) is 7.78. The van der Waals surface area contributed by atoms with Crippen LogP contribution < -0.4 is 10.9 Å². The zero-order chi connectivity index (χ0) is 22.0. The number of methoxy groups -OCH3 is 1. The van der Waals surface area contributed by atoms with Gasteiger partial charge in [0.1, 0.15) is 11.3 Å². The second kappa shape index (κ2) is 8.77. The summed E-state index contributed by atoms with van der Waals surface area (Å²) in [7, 11) is 1.39. The largest absolute Gasteiger partial charge is 0.464 e. The number of rotatable bonds is 5. The number of esters is 1. The predicted molar refractivity (Wildman–Crippen MR) is 116 cm³/mol. The maximum Gasteiger partial charge on any atom is 0.354 e. The number of carbonyl (C=O) groups excluding carboxylic acids is 2. The zero-order valence-electron chi connectivity index (χ0n) is 17.6. The Bertz CT molecular complexity index is 1170. The van der Waals surface area contributed by atoms with E-state index in [1.807, 2.05) is 22.9 Å². The topological polar surface area (TPSA) is 93.8 Å². The lowest BCUT2D eigenvalue weighted by molar-refractivity contribution is -0.114. The monoisotopic (exact) mass is 423 g/mol. The normalized spacial score (nSPS) is 15.2. The van der Waals surface area contributed by atoms with Crippen LogP contribution in [0.15, 0.2) is 51.8 Å². The minimum atomic E-state index is -0.410. The van der Waals surface area contributed by atoms with E-state index in [1.54, 1.807) is 18.2 Å². The van der Waals surface area contributed by atoms with Crippen molar-refractivity contribution in [3.05, 3.63) is 64.3 Å². The molecule has 1 aliphatic heterocycles. The van der Waals surface area contributed by atoms with Gasteiger partial charge in [-0.05, 0) is 42.7 Å². The fourth-order valence-electron chi connectivity index (χ4n) is 4.23. The minimum absolute atomic E-state index is 0.182. The minimum Gasteiger partial charge on any atom is -0.464 e. The number of likely N-dealkylation sites (tertiary alicyclic amines) is 1. The number of nitrogens with zero attached hydrogens (tertiary/aromatic N) is 2.